The Bertz CT molecular complexity index is 1020. The van der Waals surface area contributed by atoms with Crippen LogP contribution in [-0.2, 0) is 0 Å². The Morgan fingerprint density at radius 2 is 2.07 bits per heavy atom. The van der Waals surface area contributed by atoms with Crippen LogP contribution >= 0.6 is 27.7 Å². The number of methoxy groups -OCH3 is 1. The molecule has 0 radical (unpaired) electrons. The summed E-state index contributed by atoms with van der Waals surface area (Å²) < 4.78 is 12.2. The average Bonchev–Trinajstić information content (AvgIpc) is 2.84. The molecule has 0 saturated carbocycles. The van der Waals surface area contributed by atoms with E-state index in [2.05, 4.69) is 36.4 Å². The van der Waals surface area contributed by atoms with Crippen LogP contribution in [0, 0.1) is 0 Å². The molecule has 2 heterocycles. The molecule has 138 valence electrons. The van der Waals surface area contributed by atoms with E-state index in [1.54, 1.807) is 12.1 Å². The van der Waals surface area contributed by atoms with Gasteiger partial charge in [-0.05, 0) is 42.7 Å². The lowest BCUT2D eigenvalue weighted by atomic mass is 10.1. The molecule has 7 nitrogen and oxygen atoms in total. The molecule has 1 aliphatic heterocycles. The van der Waals surface area contributed by atoms with Crippen molar-refractivity contribution in [2.45, 2.75) is 11.4 Å². The van der Waals surface area contributed by atoms with Crippen molar-refractivity contribution >= 4 is 33.4 Å². The molecule has 1 atom stereocenters. The van der Waals surface area contributed by atoms with Crippen molar-refractivity contribution in [2.75, 3.05) is 18.7 Å². The highest BCUT2D eigenvalue weighted by molar-refractivity contribution is 9.10. The van der Waals surface area contributed by atoms with Crippen LogP contribution in [0.5, 0.6) is 17.4 Å². The first kappa shape index (κ1) is 17.9. The molecular formula is C18H15BrN4O3S. The van der Waals surface area contributed by atoms with E-state index in [1.165, 1.54) is 18.9 Å². The largest absolute Gasteiger partial charge is 0.504 e. The smallest absolute Gasteiger partial charge is 0.247 e. The molecule has 2 aromatic carbocycles. The average molecular weight is 447 g/mol. The molecule has 0 fully saturated rings. The summed E-state index contributed by atoms with van der Waals surface area (Å²) >= 11 is 4.88. The number of rotatable bonds is 3. The minimum atomic E-state index is -0.575. The number of benzene rings is 2. The van der Waals surface area contributed by atoms with E-state index in [1.807, 2.05) is 30.5 Å². The third-order valence-electron chi connectivity index (χ3n) is 4.08. The number of aromatic nitrogens is 3. The molecule has 0 amide bonds. The molecule has 0 saturated heterocycles. The van der Waals surface area contributed by atoms with Crippen molar-refractivity contribution in [3.05, 3.63) is 46.4 Å². The molecule has 0 bridgehead atoms. The van der Waals surface area contributed by atoms with Gasteiger partial charge in [-0.15, -0.1) is 10.2 Å². The number of nitrogens with zero attached hydrogens (tertiary/aromatic N) is 3. The van der Waals surface area contributed by atoms with Crippen molar-refractivity contribution in [2.24, 2.45) is 0 Å². The predicted molar refractivity (Wildman–Crippen MR) is 106 cm³/mol. The maximum atomic E-state index is 10.1. The number of thioether (sulfide) groups is 1. The topological polar surface area (TPSA) is 89.4 Å². The second-order valence-electron chi connectivity index (χ2n) is 5.72. The number of anilines is 1. The van der Waals surface area contributed by atoms with Gasteiger partial charge in [0.25, 0.3) is 0 Å². The highest BCUT2D eigenvalue weighted by Crippen LogP contribution is 2.41. The number of hydrogen-bond acceptors (Lipinski definition) is 8. The maximum absolute atomic E-state index is 10.1. The first-order chi connectivity index (χ1) is 13.1. The number of ether oxygens (including phenoxy) is 2. The van der Waals surface area contributed by atoms with Crippen LogP contribution < -0.4 is 14.8 Å². The molecule has 0 spiro atoms. The number of halogens is 1. The van der Waals surface area contributed by atoms with Gasteiger partial charge in [-0.25, -0.2) is 0 Å². The van der Waals surface area contributed by atoms with Gasteiger partial charge in [0.2, 0.25) is 11.0 Å². The van der Waals surface area contributed by atoms with E-state index in [0.29, 0.717) is 22.5 Å². The van der Waals surface area contributed by atoms with Crippen molar-refractivity contribution in [3.63, 3.8) is 0 Å². The summed E-state index contributed by atoms with van der Waals surface area (Å²) in [7, 11) is 1.51. The lowest BCUT2D eigenvalue weighted by Gasteiger charge is -2.20. The van der Waals surface area contributed by atoms with Crippen molar-refractivity contribution < 1.29 is 14.6 Å². The number of aromatic hydroxyl groups is 1. The lowest BCUT2D eigenvalue weighted by molar-refractivity contribution is 0.224. The Balaban J connectivity index is 1.85. The SMILES string of the molecule is COc1ccc([C@@H]2Nc3ccc(Br)cc3-c3nnc(SC)nc3O2)cc1O. The quantitative estimate of drug-likeness (QED) is 0.577. The molecule has 9 heteroatoms. The Morgan fingerprint density at radius 1 is 1.22 bits per heavy atom. The molecule has 4 rings (SSSR count). The second kappa shape index (κ2) is 7.24. The van der Waals surface area contributed by atoms with E-state index in [9.17, 15) is 5.11 Å². The van der Waals surface area contributed by atoms with Gasteiger partial charge in [-0.2, -0.15) is 4.98 Å². The van der Waals surface area contributed by atoms with Crippen LogP contribution in [0.25, 0.3) is 11.3 Å². The van der Waals surface area contributed by atoms with Crippen LogP contribution in [-0.4, -0.2) is 33.7 Å². The van der Waals surface area contributed by atoms with Crippen LogP contribution in [0.1, 0.15) is 11.8 Å². The third kappa shape index (κ3) is 3.40. The normalized spacial score (nSPS) is 15.0. The van der Waals surface area contributed by atoms with Gasteiger partial charge in [-0.1, -0.05) is 27.7 Å². The highest BCUT2D eigenvalue weighted by Gasteiger charge is 2.26. The van der Waals surface area contributed by atoms with E-state index in [4.69, 9.17) is 9.47 Å². The Morgan fingerprint density at radius 3 is 2.81 bits per heavy atom. The van der Waals surface area contributed by atoms with Crippen LogP contribution in [0.3, 0.4) is 0 Å². The predicted octanol–water partition coefficient (Wildman–Crippen LogP) is 4.24. The second-order valence-corrected chi connectivity index (χ2v) is 7.40. The molecular weight excluding hydrogens is 432 g/mol. The summed E-state index contributed by atoms with van der Waals surface area (Å²) in [6, 6.07) is 10.9. The summed E-state index contributed by atoms with van der Waals surface area (Å²) in [4.78, 5) is 4.48. The number of phenolic OH excluding ortho intramolecular Hbond substituents is 1. The highest BCUT2D eigenvalue weighted by atomic mass is 79.9. The summed E-state index contributed by atoms with van der Waals surface area (Å²) in [5, 5.41) is 22.5. The minimum Gasteiger partial charge on any atom is -0.504 e. The summed E-state index contributed by atoms with van der Waals surface area (Å²) in [6.07, 6.45) is 1.30. The van der Waals surface area contributed by atoms with Crippen molar-refractivity contribution in [1.29, 1.82) is 0 Å². The molecule has 0 aliphatic carbocycles. The van der Waals surface area contributed by atoms with Gasteiger partial charge >= 0.3 is 0 Å². The Hall–Kier alpha value is -2.52. The number of nitrogens with one attached hydrogen (secondary N) is 1. The van der Waals surface area contributed by atoms with Crippen LogP contribution in [0.15, 0.2) is 46.0 Å². The van der Waals surface area contributed by atoms with Gasteiger partial charge < -0.3 is 19.9 Å². The molecule has 0 unspecified atom stereocenters. The first-order valence-electron chi connectivity index (χ1n) is 7.98. The molecule has 1 aliphatic rings. The van der Waals surface area contributed by atoms with Gasteiger partial charge in [0.1, 0.15) is 0 Å². The minimum absolute atomic E-state index is 0.0338. The summed E-state index contributed by atoms with van der Waals surface area (Å²) in [5.41, 5.74) is 2.92. The fourth-order valence-corrected chi connectivity index (χ4v) is 3.44. The Labute approximate surface area is 168 Å². The standard InChI is InChI=1S/C18H15BrN4O3S/c1-25-14-6-3-9(7-13(14)24)16-20-12-5-4-10(19)8-11(12)15-17(26-16)21-18(27-2)23-22-15/h3-8,16,20,24H,1-2H3/t16-/m1/s1. The lowest BCUT2D eigenvalue weighted by Crippen LogP contribution is -2.17. The van der Waals surface area contributed by atoms with Crippen LogP contribution in [0.4, 0.5) is 5.69 Å². The molecule has 2 N–H and O–H groups in total. The zero-order chi connectivity index (χ0) is 19.0. The van der Waals surface area contributed by atoms with Crippen LogP contribution in [0.2, 0.25) is 0 Å². The van der Waals surface area contributed by atoms with Crippen molar-refractivity contribution in [3.8, 4) is 28.6 Å². The monoisotopic (exact) mass is 446 g/mol. The third-order valence-corrected chi connectivity index (χ3v) is 5.11. The van der Waals surface area contributed by atoms with Gasteiger partial charge in [-0.3, -0.25) is 0 Å². The van der Waals surface area contributed by atoms with Gasteiger partial charge in [0.05, 0.1) is 7.11 Å². The number of fused-ring (bicyclic) bond motifs is 3. The number of hydrogen-bond donors (Lipinski definition) is 2. The van der Waals surface area contributed by atoms with Gasteiger partial charge in [0, 0.05) is 21.3 Å². The molecule has 1 aromatic heterocycles. The van der Waals surface area contributed by atoms with E-state index < -0.39 is 6.23 Å². The first-order valence-corrected chi connectivity index (χ1v) is 9.99. The zero-order valence-corrected chi connectivity index (χ0v) is 16.8. The summed E-state index contributed by atoms with van der Waals surface area (Å²) in [6.45, 7) is 0. The fourth-order valence-electron chi connectivity index (χ4n) is 2.78. The van der Waals surface area contributed by atoms with Gasteiger partial charge in [0.15, 0.2) is 23.4 Å². The fraction of sp³-hybridized carbons (Fsp3) is 0.167. The van der Waals surface area contributed by atoms with E-state index in [-0.39, 0.29) is 5.75 Å². The van der Waals surface area contributed by atoms with E-state index >= 15 is 0 Å². The van der Waals surface area contributed by atoms with Crippen molar-refractivity contribution in [1.82, 2.24) is 15.2 Å². The summed E-state index contributed by atoms with van der Waals surface area (Å²) in [5.74, 6) is 0.802. The molecule has 27 heavy (non-hydrogen) atoms. The molecule has 3 aromatic rings. The maximum Gasteiger partial charge on any atom is 0.247 e. The van der Waals surface area contributed by atoms with E-state index in [0.717, 1.165) is 21.3 Å². The zero-order valence-electron chi connectivity index (χ0n) is 14.4. The Kier molecular flexibility index (Phi) is 4.79. The number of phenols is 1.